The Morgan fingerprint density at radius 1 is 1.25 bits per heavy atom. The number of piperazine rings is 3. The van der Waals surface area contributed by atoms with Crippen molar-refractivity contribution in [3.8, 4) is 0 Å². The van der Waals surface area contributed by atoms with Crippen molar-refractivity contribution in [2.45, 2.75) is 12.1 Å². The van der Waals surface area contributed by atoms with Gasteiger partial charge in [-0.15, -0.1) is 0 Å². The van der Waals surface area contributed by atoms with E-state index >= 15 is 0 Å². The molecule has 1 aromatic carbocycles. The molecule has 2 aromatic rings. The normalized spacial score (nSPS) is 30.8. The van der Waals surface area contributed by atoms with Crippen LogP contribution in [0.2, 0.25) is 5.02 Å². The van der Waals surface area contributed by atoms with E-state index in [2.05, 4.69) is 9.80 Å². The topological polar surface area (TPSA) is 45.6 Å². The first-order valence-corrected chi connectivity index (χ1v) is 7.50. The molecule has 2 N–H and O–H groups in total. The van der Waals surface area contributed by atoms with Crippen LogP contribution in [0.3, 0.4) is 0 Å². The van der Waals surface area contributed by atoms with Crippen molar-refractivity contribution >= 4 is 22.6 Å². The lowest BCUT2D eigenvalue weighted by molar-refractivity contribution is -0.000430. The van der Waals surface area contributed by atoms with Gasteiger partial charge in [0.05, 0.1) is 11.1 Å². The van der Waals surface area contributed by atoms with E-state index in [0.29, 0.717) is 11.1 Å². The molecule has 3 fully saturated rings. The van der Waals surface area contributed by atoms with Gasteiger partial charge in [-0.05, 0) is 12.1 Å². The second kappa shape index (κ2) is 4.74. The number of benzene rings is 1. The zero-order chi connectivity index (χ0) is 13.7. The highest BCUT2D eigenvalue weighted by atomic mass is 35.5. The van der Waals surface area contributed by atoms with E-state index in [-0.39, 0.29) is 6.04 Å². The molecular weight excluding hydrogens is 274 g/mol. The first-order valence-electron chi connectivity index (χ1n) is 7.12. The van der Waals surface area contributed by atoms with Crippen molar-refractivity contribution in [3.63, 3.8) is 0 Å². The number of rotatable bonds is 2. The van der Waals surface area contributed by atoms with Crippen LogP contribution < -0.4 is 5.73 Å². The Morgan fingerprint density at radius 2 is 2.05 bits per heavy atom. The van der Waals surface area contributed by atoms with E-state index in [0.717, 1.165) is 49.5 Å². The summed E-state index contributed by atoms with van der Waals surface area (Å²) in [5.41, 5.74) is 7.21. The number of furan rings is 1. The Hall–Kier alpha value is -1.07. The molecule has 2 bridgehead atoms. The summed E-state index contributed by atoms with van der Waals surface area (Å²) in [7, 11) is 0. The van der Waals surface area contributed by atoms with E-state index in [1.54, 1.807) is 0 Å². The molecular formula is C15H18ClN3O. The second-order valence-electron chi connectivity index (χ2n) is 5.74. The molecule has 0 saturated carbocycles. The summed E-state index contributed by atoms with van der Waals surface area (Å²) in [4.78, 5) is 4.97. The van der Waals surface area contributed by atoms with Gasteiger partial charge >= 0.3 is 0 Å². The average Bonchev–Trinajstić information content (AvgIpc) is 2.93. The highest BCUT2D eigenvalue weighted by Crippen LogP contribution is 2.32. The van der Waals surface area contributed by atoms with Gasteiger partial charge in [-0.3, -0.25) is 9.80 Å². The molecule has 3 aliphatic heterocycles. The largest absolute Gasteiger partial charge is 0.458 e. The van der Waals surface area contributed by atoms with Gasteiger partial charge in [-0.1, -0.05) is 23.7 Å². The highest BCUT2D eigenvalue weighted by Gasteiger charge is 2.37. The fourth-order valence-electron chi connectivity index (χ4n) is 3.40. The third kappa shape index (κ3) is 1.95. The molecule has 106 valence electrons. The lowest BCUT2D eigenvalue weighted by atomic mass is 9.99. The number of halogens is 1. The molecule has 0 amide bonds. The van der Waals surface area contributed by atoms with Gasteiger partial charge in [-0.25, -0.2) is 0 Å². The first-order chi connectivity index (χ1) is 9.72. The summed E-state index contributed by atoms with van der Waals surface area (Å²) in [6.07, 6.45) is 0. The Bertz CT molecular complexity index is 633. The third-order valence-electron chi connectivity index (χ3n) is 4.58. The van der Waals surface area contributed by atoms with Crippen molar-refractivity contribution in [2.75, 3.05) is 32.7 Å². The summed E-state index contributed by atoms with van der Waals surface area (Å²) >= 11 is 6.17. The van der Waals surface area contributed by atoms with Gasteiger partial charge in [0, 0.05) is 44.2 Å². The van der Waals surface area contributed by atoms with Crippen molar-refractivity contribution in [1.82, 2.24) is 9.80 Å². The maximum absolute atomic E-state index is 6.47. The predicted molar refractivity (Wildman–Crippen MR) is 80.0 cm³/mol. The van der Waals surface area contributed by atoms with Crippen LogP contribution in [0.25, 0.3) is 11.0 Å². The van der Waals surface area contributed by atoms with Crippen molar-refractivity contribution in [1.29, 1.82) is 0 Å². The van der Waals surface area contributed by atoms with Gasteiger partial charge in [0.2, 0.25) is 0 Å². The van der Waals surface area contributed by atoms with Gasteiger partial charge in [-0.2, -0.15) is 0 Å². The molecule has 2 atom stereocenters. The Balaban J connectivity index is 1.66. The quantitative estimate of drug-likeness (QED) is 0.920. The molecule has 4 heterocycles. The summed E-state index contributed by atoms with van der Waals surface area (Å²) in [6, 6.07) is 8.08. The van der Waals surface area contributed by atoms with Crippen LogP contribution in [0.15, 0.2) is 28.7 Å². The fraction of sp³-hybridized carbons (Fsp3) is 0.467. The van der Waals surface area contributed by atoms with Crippen LogP contribution >= 0.6 is 11.6 Å². The lowest BCUT2D eigenvalue weighted by Crippen LogP contribution is -2.63. The van der Waals surface area contributed by atoms with Crippen LogP contribution in [0, 0.1) is 0 Å². The summed E-state index contributed by atoms with van der Waals surface area (Å²) in [6.45, 7) is 5.58. The molecule has 2 unspecified atom stereocenters. The number of hydrogen-bond acceptors (Lipinski definition) is 4. The average molecular weight is 292 g/mol. The zero-order valence-corrected chi connectivity index (χ0v) is 12.0. The Labute approximate surface area is 123 Å². The lowest BCUT2D eigenvalue weighted by Gasteiger charge is -2.49. The van der Waals surface area contributed by atoms with E-state index in [9.17, 15) is 0 Å². The molecule has 0 aliphatic carbocycles. The number of nitrogens with two attached hydrogens (primary N) is 1. The summed E-state index contributed by atoms with van der Waals surface area (Å²) < 4.78 is 5.92. The van der Waals surface area contributed by atoms with Crippen molar-refractivity contribution in [2.24, 2.45) is 5.73 Å². The Morgan fingerprint density at radius 3 is 2.70 bits per heavy atom. The molecule has 0 spiro atoms. The molecule has 20 heavy (non-hydrogen) atoms. The smallest absolute Gasteiger partial charge is 0.152 e. The zero-order valence-electron chi connectivity index (χ0n) is 11.3. The molecule has 3 saturated heterocycles. The monoisotopic (exact) mass is 291 g/mol. The maximum Gasteiger partial charge on any atom is 0.152 e. The first kappa shape index (κ1) is 12.7. The summed E-state index contributed by atoms with van der Waals surface area (Å²) in [5, 5.41) is 1.68. The fourth-order valence-corrected chi connectivity index (χ4v) is 3.62. The maximum atomic E-state index is 6.47. The van der Waals surface area contributed by atoms with Crippen molar-refractivity contribution in [3.05, 3.63) is 35.0 Å². The molecule has 1 aromatic heterocycles. The van der Waals surface area contributed by atoms with E-state index in [1.165, 1.54) is 0 Å². The molecule has 5 heteroatoms. The van der Waals surface area contributed by atoms with E-state index < -0.39 is 0 Å². The molecule has 3 aliphatic rings. The van der Waals surface area contributed by atoms with Gasteiger partial charge in [0.15, 0.2) is 5.58 Å². The Kier molecular flexibility index (Phi) is 3.00. The predicted octanol–water partition coefficient (Wildman–Crippen LogP) is 2.09. The van der Waals surface area contributed by atoms with Gasteiger partial charge in [0.1, 0.15) is 5.76 Å². The van der Waals surface area contributed by atoms with E-state index in [1.807, 2.05) is 24.3 Å². The number of hydrogen-bond donors (Lipinski definition) is 1. The molecule has 4 nitrogen and oxygen atoms in total. The SMILES string of the molecule is NC(c1cc2cccc(Cl)c2o1)C1CN2CCN1CC2. The van der Waals surface area contributed by atoms with Crippen LogP contribution in [-0.2, 0) is 0 Å². The van der Waals surface area contributed by atoms with Crippen LogP contribution in [0.4, 0.5) is 0 Å². The number of nitrogens with zero attached hydrogens (tertiary/aromatic N) is 2. The highest BCUT2D eigenvalue weighted by molar-refractivity contribution is 6.34. The second-order valence-corrected chi connectivity index (χ2v) is 6.14. The molecule has 0 radical (unpaired) electrons. The minimum absolute atomic E-state index is 0.0958. The minimum atomic E-state index is -0.0958. The van der Waals surface area contributed by atoms with Gasteiger partial charge < -0.3 is 10.2 Å². The molecule has 5 rings (SSSR count). The number of fused-ring (bicyclic) bond motifs is 4. The third-order valence-corrected chi connectivity index (χ3v) is 4.88. The minimum Gasteiger partial charge on any atom is -0.458 e. The van der Waals surface area contributed by atoms with Gasteiger partial charge in [0.25, 0.3) is 0 Å². The van der Waals surface area contributed by atoms with Crippen molar-refractivity contribution < 1.29 is 4.42 Å². The van der Waals surface area contributed by atoms with Crippen LogP contribution in [-0.4, -0.2) is 48.6 Å². The van der Waals surface area contributed by atoms with Crippen LogP contribution in [0.5, 0.6) is 0 Å². The van der Waals surface area contributed by atoms with E-state index in [4.69, 9.17) is 21.8 Å². The summed E-state index contributed by atoms with van der Waals surface area (Å²) in [5.74, 6) is 0.840. The number of para-hydroxylation sites is 1. The van der Waals surface area contributed by atoms with Crippen LogP contribution in [0.1, 0.15) is 11.8 Å². The standard InChI is InChI=1S/C15H18ClN3O/c16-11-3-1-2-10-8-13(20-15(10)11)14(17)12-9-18-4-6-19(12)7-5-18/h1-3,8,12,14H,4-7,9,17H2.